The lowest BCUT2D eigenvalue weighted by molar-refractivity contribution is -0.0265. The van der Waals surface area contributed by atoms with E-state index in [9.17, 15) is 0 Å². The number of guanidine groups is 1. The molecule has 176 valence electrons. The fourth-order valence-electron chi connectivity index (χ4n) is 4.06. The minimum Gasteiger partial charge on any atom is -0.497 e. The minimum atomic E-state index is -0.00764. The predicted octanol–water partition coefficient (Wildman–Crippen LogP) is 5.02. The summed E-state index contributed by atoms with van der Waals surface area (Å²) in [7, 11) is 5.14. The van der Waals surface area contributed by atoms with Crippen molar-refractivity contribution in [3.63, 3.8) is 0 Å². The Kier molecular flexibility index (Phi) is 10.6. The van der Waals surface area contributed by atoms with Crippen molar-refractivity contribution < 1.29 is 14.2 Å². The number of rotatable bonds is 7. The number of nitrogens with zero attached hydrogens (tertiary/aromatic N) is 1. The van der Waals surface area contributed by atoms with E-state index in [1.807, 2.05) is 18.2 Å². The molecule has 2 N–H and O–H groups in total. The molecule has 2 aromatic carbocycles. The zero-order valence-electron chi connectivity index (χ0n) is 19.7. The van der Waals surface area contributed by atoms with Gasteiger partial charge in [0.15, 0.2) is 5.96 Å². The minimum absolute atomic E-state index is 0. The Morgan fingerprint density at radius 2 is 1.91 bits per heavy atom. The van der Waals surface area contributed by atoms with E-state index in [1.165, 1.54) is 11.1 Å². The first-order chi connectivity index (χ1) is 15.0. The van der Waals surface area contributed by atoms with Gasteiger partial charge in [-0.3, -0.25) is 4.99 Å². The SMILES string of the molecule is CN=C(NCC1CCCOC1c1ccc(C)cc1)NC(C)c1cc(OC)ccc1OC.I. The van der Waals surface area contributed by atoms with Gasteiger partial charge in [0.1, 0.15) is 11.5 Å². The number of hydrogen-bond donors (Lipinski definition) is 2. The Bertz CT molecular complexity index is 873. The molecule has 0 bridgehead atoms. The Morgan fingerprint density at radius 3 is 2.56 bits per heavy atom. The maximum atomic E-state index is 6.16. The molecule has 1 heterocycles. The molecule has 0 spiro atoms. The molecule has 3 unspecified atom stereocenters. The van der Waals surface area contributed by atoms with E-state index in [-0.39, 0.29) is 36.1 Å². The first-order valence-electron chi connectivity index (χ1n) is 10.9. The van der Waals surface area contributed by atoms with E-state index in [2.05, 4.69) is 53.7 Å². The molecule has 1 aliphatic heterocycles. The van der Waals surface area contributed by atoms with Crippen molar-refractivity contribution in [1.82, 2.24) is 10.6 Å². The number of ether oxygens (including phenoxy) is 3. The van der Waals surface area contributed by atoms with Crippen LogP contribution in [-0.4, -0.2) is 40.4 Å². The van der Waals surface area contributed by atoms with Crippen LogP contribution < -0.4 is 20.1 Å². The number of methoxy groups -OCH3 is 2. The summed E-state index contributed by atoms with van der Waals surface area (Å²) in [4.78, 5) is 4.43. The van der Waals surface area contributed by atoms with Gasteiger partial charge in [0.2, 0.25) is 0 Å². The van der Waals surface area contributed by atoms with Gasteiger partial charge in [0.05, 0.1) is 26.4 Å². The number of halogens is 1. The Hall–Kier alpha value is -2.00. The number of aryl methyl sites for hydroxylation is 1. The van der Waals surface area contributed by atoms with Crippen molar-refractivity contribution in [2.24, 2.45) is 10.9 Å². The highest BCUT2D eigenvalue weighted by Gasteiger charge is 2.27. The lowest BCUT2D eigenvalue weighted by Crippen LogP contribution is -2.42. The maximum Gasteiger partial charge on any atom is 0.191 e. The molecular formula is C25H36IN3O3. The second kappa shape index (κ2) is 12.9. The van der Waals surface area contributed by atoms with Crippen LogP contribution in [0.25, 0.3) is 0 Å². The summed E-state index contributed by atoms with van der Waals surface area (Å²) >= 11 is 0. The van der Waals surface area contributed by atoms with E-state index in [4.69, 9.17) is 14.2 Å². The van der Waals surface area contributed by atoms with E-state index >= 15 is 0 Å². The van der Waals surface area contributed by atoms with Crippen LogP contribution in [0.5, 0.6) is 11.5 Å². The van der Waals surface area contributed by atoms with Crippen LogP contribution in [0.1, 0.15) is 48.6 Å². The topological polar surface area (TPSA) is 64.1 Å². The van der Waals surface area contributed by atoms with E-state index in [0.717, 1.165) is 49.0 Å². The van der Waals surface area contributed by atoms with Crippen molar-refractivity contribution in [2.75, 3.05) is 34.4 Å². The summed E-state index contributed by atoms with van der Waals surface area (Å²) in [6.45, 7) is 5.80. The molecule has 3 rings (SSSR count). The van der Waals surface area contributed by atoms with Crippen LogP contribution in [0, 0.1) is 12.8 Å². The van der Waals surface area contributed by atoms with Crippen LogP contribution >= 0.6 is 24.0 Å². The lowest BCUT2D eigenvalue weighted by atomic mass is 9.89. The van der Waals surface area contributed by atoms with E-state index in [0.29, 0.717) is 5.92 Å². The highest BCUT2D eigenvalue weighted by Crippen LogP contribution is 2.33. The standard InChI is InChI=1S/C25H35N3O3.HI/c1-17-8-10-19(11-9-17)24-20(7-6-14-31-24)16-27-25(26-3)28-18(2)22-15-21(29-4)12-13-23(22)30-5;/h8-13,15,18,20,24H,6-7,14,16H2,1-5H3,(H2,26,27,28);1H. The first kappa shape index (κ1) is 26.3. The van der Waals surface area contributed by atoms with Gasteiger partial charge in [-0.1, -0.05) is 29.8 Å². The second-order valence-electron chi connectivity index (χ2n) is 8.03. The molecule has 0 aliphatic carbocycles. The monoisotopic (exact) mass is 553 g/mol. The van der Waals surface area contributed by atoms with Crippen LogP contribution in [0.3, 0.4) is 0 Å². The van der Waals surface area contributed by atoms with Gasteiger partial charge in [0.25, 0.3) is 0 Å². The Balaban J connectivity index is 0.00000363. The van der Waals surface area contributed by atoms with E-state index < -0.39 is 0 Å². The normalized spacial score (nSPS) is 19.5. The summed E-state index contributed by atoms with van der Waals surface area (Å²) in [6, 6.07) is 14.5. The molecule has 2 aromatic rings. The van der Waals surface area contributed by atoms with E-state index in [1.54, 1.807) is 21.3 Å². The number of benzene rings is 2. The third-order valence-electron chi connectivity index (χ3n) is 5.86. The van der Waals surface area contributed by atoms with Crippen LogP contribution in [0.4, 0.5) is 0 Å². The molecule has 1 fully saturated rings. The van der Waals surface area contributed by atoms with Crippen LogP contribution in [0.15, 0.2) is 47.5 Å². The van der Waals surface area contributed by atoms with Gasteiger partial charge in [0, 0.05) is 31.7 Å². The van der Waals surface area contributed by atoms with Crippen molar-refractivity contribution in [3.8, 4) is 11.5 Å². The molecular weight excluding hydrogens is 517 g/mol. The van der Waals surface area contributed by atoms with Crippen molar-refractivity contribution >= 4 is 29.9 Å². The van der Waals surface area contributed by atoms with Gasteiger partial charge >= 0.3 is 0 Å². The fourth-order valence-corrected chi connectivity index (χ4v) is 4.06. The molecule has 1 aliphatic rings. The molecule has 0 aromatic heterocycles. The van der Waals surface area contributed by atoms with Crippen molar-refractivity contribution in [2.45, 2.75) is 38.8 Å². The third kappa shape index (κ3) is 6.75. The lowest BCUT2D eigenvalue weighted by Gasteiger charge is -2.33. The largest absolute Gasteiger partial charge is 0.497 e. The summed E-state index contributed by atoms with van der Waals surface area (Å²) in [6.07, 6.45) is 2.32. The maximum absolute atomic E-state index is 6.16. The first-order valence-corrected chi connectivity index (χ1v) is 10.9. The van der Waals surface area contributed by atoms with Gasteiger partial charge in [-0.15, -0.1) is 24.0 Å². The third-order valence-corrected chi connectivity index (χ3v) is 5.86. The zero-order chi connectivity index (χ0) is 22.2. The average Bonchev–Trinajstić information content (AvgIpc) is 2.81. The van der Waals surface area contributed by atoms with Crippen molar-refractivity contribution in [1.29, 1.82) is 0 Å². The molecule has 0 radical (unpaired) electrons. The predicted molar refractivity (Wildman–Crippen MR) is 140 cm³/mol. The Labute approximate surface area is 209 Å². The Morgan fingerprint density at radius 1 is 1.16 bits per heavy atom. The van der Waals surface area contributed by atoms with Gasteiger partial charge in [-0.05, 0) is 50.5 Å². The quantitative estimate of drug-likeness (QED) is 0.286. The van der Waals surface area contributed by atoms with Gasteiger partial charge in [-0.25, -0.2) is 0 Å². The number of hydrogen-bond acceptors (Lipinski definition) is 4. The molecule has 0 saturated carbocycles. The summed E-state index contributed by atoms with van der Waals surface area (Å²) < 4.78 is 17.1. The van der Waals surface area contributed by atoms with Gasteiger partial charge in [-0.2, -0.15) is 0 Å². The average molecular weight is 553 g/mol. The summed E-state index contributed by atoms with van der Waals surface area (Å²) in [5.41, 5.74) is 3.53. The zero-order valence-corrected chi connectivity index (χ0v) is 22.0. The second-order valence-corrected chi connectivity index (χ2v) is 8.03. The summed E-state index contributed by atoms with van der Waals surface area (Å²) in [5, 5.41) is 6.98. The van der Waals surface area contributed by atoms with Crippen molar-refractivity contribution in [3.05, 3.63) is 59.2 Å². The number of nitrogens with one attached hydrogen (secondary N) is 2. The molecule has 3 atom stereocenters. The molecule has 6 nitrogen and oxygen atoms in total. The molecule has 0 amide bonds. The molecule has 1 saturated heterocycles. The summed E-state index contributed by atoms with van der Waals surface area (Å²) in [5.74, 6) is 2.76. The fraction of sp³-hybridized carbons (Fsp3) is 0.480. The van der Waals surface area contributed by atoms with Crippen LogP contribution in [0.2, 0.25) is 0 Å². The van der Waals surface area contributed by atoms with Crippen LogP contribution in [-0.2, 0) is 4.74 Å². The molecule has 32 heavy (non-hydrogen) atoms. The highest BCUT2D eigenvalue weighted by molar-refractivity contribution is 14.0. The number of aliphatic imine (C=N–C) groups is 1. The smallest absolute Gasteiger partial charge is 0.191 e. The van der Waals surface area contributed by atoms with Gasteiger partial charge < -0.3 is 24.8 Å². The highest BCUT2D eigenvalue weighted by atomic mass is 127. The molecule has 7 heteroatoms.